The monoisotopic (exact) mass is 456 g/mol. The maximum absolute atomic E-state index is 12.8. The molecule has 0 saturated carbocycles. The number of thiophene rings is 1. The molecule has 1 aromatic carbocycles. The van der Waals surface area contributed by atoms with Gasteiger partial charge in [-0.1, -0.05) is 41.9 Å². The van der Waals surface area contributed by atoms with Crippen LogP contribution in [0, 0.1) is 0 Å². The van der Waals surface area contributed by atoms with Crippen molar-refractivity contribution in [1.82, 2.24) is 19.8 Å². The molecule has 1 aliphatic heterocycles. The number of nitrogens with one attached hydrogen (secondary N) is 2. The Morgan fingerprint density at radius 1 is 1.07 bits per heavy atom. The number of hydrogen-bond donors (Lipinski definition) is 2. The molecule has 1 aliphatic rings. The second-order valence-corrected chi connectivity index (χ2v) is 10.3. The molecular formula is C18H21ClN4O4S2. The second kappa shape index (κ2) is 9.23. The third-order valence-corrected chi connectivity index (χ3v) is 8.21. The number of urea groups is 1. The number of imide groups is 1. The molecule has 1 fully saturated rings. The minimum Gasteiger partial charge on any atom is -0.341 e. The predicted molar refractivity (Wildman–Crippen MR) is 111 cm³/mol. The van der Waals surface area contributed by atoms with Gasteiger partial charge < -0.3 is 5.32 Å². The summed E-state index contributed by atoms with van der Waals surface area (Å²) < 4.78 is 27.6. The summed E-state index contributed by atoms with van der Waals surface area (Å²) in [6, 6.07) is 10.9. The number of piperazine rings is 1. The van der Waals surface area contributed by atoms with Crippen LogP contribution in [0.4, 0.5) is 4.79 Å². The summed E-state index contributed by atoms with van der Waals surface area (Å²) in [5, 5.41) is 4.69. The summed E-state index contributed by atoms with van der Waals surface area (Å²) in [4.78, 5) is 26.3. The third kappa shape index (κ3) is 4.96. The average Bonchev–Trinajstić information content (AvgIpc) is 3.16. The van der Waals surface area contributed by atoms with E-state index in [1.54, 1.807) is 6.07 Å². The minimum atomic E-state index is -3.62. The van der Waals surface area contributed by atoms with Gasteiger partial charge in [-0.25, -0.2) is 13.2 Å². The zero-order valence-electron chi connectivity index (χ0n) is 15.7. The Kier molecular flexibility index (Phi) is 6.91. The Morgan fingerprint density at radius 3 is 2.28 bits per heavy atom. The first-order chi connectivity index (χ1) is 13.8. The van der Waals surface area contributed by atoms with Crippen LogP contribution in [0.2, 0.25) is 4.34 Å². The molecule has 0 aliphatic carbocycles. The lowest BCUT2D eigenvalue weighted by molar-refractivity contribution is -0.126. The number of nitrogens with zero attached hydrogens (tertiary/aromatic N) is 2. The van der Waals surface area contributed by atoms with Crippen LogP contribution in [-0.4, -0.2) is 62.8 Å². The molecule has 3 amide bonds. The van der Waals surface area contributed by atoms with Crippen molar-refractivity contribution >= 4 is 44.9 Å². The molecule has 156 valence electrons. The number of hydrogen-bond acceptors (Lipinski definition) is 6. The lowest BCUT2D eigenvalue weighted by Gasteiger charge is -2.37. The van der Waals surface area contributed by atoms with Crippen LogP contribution in [0.5, 0.6) is 0 Å². The highest BCUT2D eigenvalue weighted by Gasteiger charge is 2.35. The quantitative estimate of drug-likeness (QED) is 0.716. The van der Waals surface area contributed by atoms with Crippen LogP contribution in [0.3, 0.4) is 0 Å². The number of sulfonamides is 1. The van der Waals surface area contributed by atoms with E-state index in [0.29, 0.717) is 17.4 Å². The molecule has 2 N–H and O–H groups in total. The van der Waals surface area contributed by atoms with Gasteiger partial charge in [-0.15, -0.1) is 11.3 Å². The van der Waals surface area contributed by atoms with E-state index in [-0.39, 0.29) is 17.3 Å². The van der Waals surface area contributed by atoms with Crippen molar-refractivity contribution in [2.45, 2.75) is 10.3 Å². The van der Waals surface area contributed by atoms with Gasteiger partial charge in [0.15, 0.2) is 0 Å². The number of halogens is 1. The van der Waals surface area contributed by atoms with Crippen molar-refractivity contribution in [3.8, 4) is 0 Å². The zero-order chi connectivity index (χ0) is 21.0. The highest BCUT2D eigenvalue weighted by Crippen LogP contribution is 2.30. The SMILES string of the molecule is CNC(=O)NC(=O)C(c1ccccc1)N1CCN(S(=O)(=O)c2ccc(Cl)s2)CC1. The molecule has 2 heterocycles. The summed E-state index contributed by atoms with van der Waals surface area (Å²) in [5.74, 6) is -0.461. The summed E-state index contributed by atoms with van der Waals surface area (Å²) in [5.41, 5.74) is 0.732. The van der Waals surface area contributed by atoms with Crippen LogP contribution in [0.15, 0.2) is 46.7 Å². The lowest BCUT2D eigenvalue weighted by Crippen LogP contribution is -2.53. The first-order valence-corrected chi connectivity index (χ1v) is 11.5. The van der Waals surface area contributed by atoms with Crippen molar-refractivity contribution < 1.29 is 18.0 Å². The Balaban J connectivity index is 1.76. The molecule has 0 radical (unpaired) electrons. The normalized spacial score (nSPS) is 16.9. The smallest absolute Gasteiger partial charge is 0.321 e. The van der Waals surface area contributed by atoms with E-state index in [2.05, 4.69) is 10.6 Å². The largest absolute Gasteiger partial charge is 0.341 e. The molecule has 3 rings (SSSR count). The topological polar surface area (TPSA) is 98.8 Å². The van der Waals surface area contributed by atoms with Gasteiger partial charge in [0.05, 0.1) is 4.34 Å². The zero-order valence-corrected chi connectivity index (χ0v) is 18.1. The molecule has 11 heteroatoms. The van der Waals surface area contributed by atoms with Crippen molar-refractivity contribution in [2.75, 3.05) is 33.2 Å². The maximum Gasteiger partial charge on any atom is 0.321 e. The van der Waals surface area contributed by atoms with E-state index in [9.17, 15) is 18.0 Å². The number of carbonyl (C=O) groups excluding carboxylic acids is 2. The Bertz CT molecular complexity index is 973. The van der Waals surface area contributed by atoms with Gasteiger partial charge >= 0.3 is 6.03 Å². The molecule has 0 spiro atoms. The first-order valence-electron chi connectivity index (χ1n) is 8.90. The fourth-order valence-corrected chi connectivity index (χ4v) is 6.23. The van der Waals surface area contributed by atoms with E-state index in [1.165, 1.54) is 17.4 Å². The van der Waals surface area contributed by atoms with Gasteiger partial charge in [-0.2, -0.15) is 4.31 Å². The Morgan fingerprint density at radius 2 is 1.72 bits per heavy atom. The number of amides is 3. The molecule has 2 aromatic rings. The Labute approximate surface area is 178 Å². The molecule has 1 saturated heterocycles. The van der Waals surface area contributed by atoms with E-state index in [4.69, 9.17) is 11.6 Å². The molecule has 1 aromatic heterocycles. The fourth-order valence-electron chi connectivity index (χ4n) is 3.17. The van der Waals surface area contributed by atoms with Gasteiger partial charge in [-0.05, 0) is 17.7 Å². The van der Waals surface area contributed by atoms with Crippen LogP contribution in [0.1, 0.15) is 11.6 Å². The lowest BCUT2D eigenvalue weighted by atomic mass is 10.0. The van der Waals surface area contributed by atoms with Gasteiger partial charge in [0.2, 0.25) is 5.91 Å². The molecule has 1 atom stereocenters. The van der Waals surface area contributed by atoms with Gasteiger partial charge in [0.25, 0.3) is 10.0 Å². The van der Waals surface area contributed by atoms with Crippen LogP contribution < -0.4 is 10.6 Å². The van der Waals surface area contributed by atoms with E-state index < -0.39 is 28.0 Å². The molecular weight excluding hydrogens is 436 g/mol. The van der Waals surface area contributed by atoms with Gasteiger partial charge in [0, 0.05) is 33.2 Å². The van der Waals surface area contributed by atoms with Gasteiger partial charge in [-0.3, -0.25) is 15.0 Å². The maximum atomic E-state index is 12.8. The third-order valence-electron chi connectivity index (χ3n) is 4.61. The summed E-state index contributed by atoms with van der Waals surface area (Å²) >= 11 is 6.90. The second-order valence-electron chi connectivity index (χ2n) is 6.38. The summed E-state index contributed by atoms with van der Waals surface area (Å²) in [6.45, 7) is 1.15. The number of carbonyl (C=O) groups is 2. The number of benzene rings is 1. The van der Waals surface area contributed by atoms with Gasteiger partial charge in [0.1, 0.15) is 10.3 Å². The molecule has 1 unspecified atom stereocenters. The van der Waals surface area contributed by atoms with Crippen LogP contribution in [-0.2, 0) is 14.8 Å². The van der Waals surface area contributed by atoms with E-state index in [1.807, 2.05) is 35.2 Å². The molecule has 29 heavy (non-hydrogen) atoms. The Hall–Kier alpha value is -1.98. The first kappa shape index (κ1) is 21.7. The van der Waals surface area contributed by atoms with Crippen molar-refractivity contribution in [3.63, 3.8) is 0 Å². The highest BCUT2D eigenvalue weighted by molar-refractivity contribution is 7.91. The average molecular weight is 457 g/mol. The van der Waals surface area contributed by atoms with Crippen LogP contribution >= 0.6 is 22.9 Å². The predicted octanol–water partition coefficient (Wildman–Crippen LogP) is 1.90. The van der Waals surface area contributed by atoms with Crippen molar-refractivity contribution in [2.24, 2.45) is 0 Å². The fraction of sp³-hybridized carbons (Fsp3) is 0.333. The summed E-state index contributed by atoms with van der Waals surface area (Å²) in [6.07, 6.45) is 0. The highest BCUT2D eigenvalue weighted by atomic mass is 35.5. The van der Waals surface area contributed by atoms with Crippen molar-refractivity contribution in [3.05, 3.63) is 52.4 Å². The standard InChI is InChI=1S/C18H21ClN4O4S2/c1-20-18(25)21-17(24)16(13-5-3-2-4-6-13)22-9-11-23(12-10-22)29(26,27)15-8-7-14(19)28-15/h2-8,16H,9-12H2,1H3,(H2,20,21,24,25). The van der Waals surface area contributed by atoms with Crippen molar-refractivity contribution in [1.29, 1.82) is 0 Å². The molecule has 8 nitrogen and oxygen atoms in total. The summed E-state index contributed by atoms with van der Waals surface area (Å²) in [7, 11) is -2.19. The van der Waals surface area contributed by atoms with E-state index >= 15 is 0 Å². The van der Waals surface area contributed by atoms with Crippen LogP contribution in [0.25, 0.3) is 0 Å². The van der Waals surface area contributed by atoms with E-state index in [0.717, 1.165) is 16.9 Å². The molecule has 0 bridgehead atoms. The number of rotatable bonds is 5. The minimum absolute atomic E-state index is 0.202.